The van der Waals surface area contributed by atoms with Crippen LogP contribution in [-0.2, 0) is 4.79 Å². The summed E-state index contributed by atoms with van der Waals surface area (Å²) in [5.74, 6) is -1.67. The fourth-order valence-corrected chi connectivity index (χ4v) is 1.91. The Kier molecular flexibility index (Phi) is 4.31. The van der Waals surface area contributed by atoms with Gasteiger partial charge in [0, 0.05) is 0 Å². The van der Waals surface area contributed by atoms with Gasteiger partial charge in [-0.2, -0.15) is 13.2 Å². The van der Waals surface area contributed by atoms with Crippen LogP contribution < -0.4 is 0 Å². The molecule has 0 aromatic heterocycles. The molecule has 0 aromatic carbocycles. The monoisotopic (exact) mass is 204 g/mol. The summed E-state index contributed by atoms with van der Waals surface area (Å²) in [6.07, 6.45) is -1.74. The zero-order valence-corrected chi connectivity index (χ0v) is 7.57. The predicted molar refractivity (Wildman–Crippen MR) is 41.9 cm³/mol. The van der Waals surface area contributed by atoms with Crippen LogP contribution in [0.5, 0.6) is 0 Å². The number of ketones is 1. The molecular weight excluding hydrogens is 197 g/mol. The van der Waals surface area contributed by atoms with E-state index >= 15 is 0 Å². The van der Waals surface area contributed by atoms with Gasteiger partial charge in [-0.1, -0.05) is 0 Å². The van der Waals surface area contributed by atoms with E-state index in [9.17, 15) is 18.0 Å². The first-order valence-electron chi connectivity index (χ1n) is 2.60. The lowest BCUT2D eigenvalue weighted by Crippen LogP contribution is -2.30. The highest BCUT2D eigenvalue weighted by Gasteiger charge is 2.42. The molecule has 0 aliphatic heterocycles. The minimum atomic E-state index is -4.70. The molecule has 0 aromatic rings. The van der Waals surface area contributed by atoms with Crippen molar-refractivity contribution in [3.8, 4) is 0 Å². The van der Waals surface area contributed by atoms with E-state index in [1.54, 1.807) is 0 Å². The van der Waals surface area contributed by atoms with Gasteiger partial charge in [-0.15, -0.1) is 23.5 Å². The number of alkyl halides is 3. The fourth-order valence-electron chi connectivity index (χ4n) is 0.444. The lowest BCUT2D eigenvalue weighted by Gasteiger charge is -2.11. The van der Waals surface area contributed by atoms with Crippen LogP contribution in [0.25, 0.3) is 0 Å². The van der Waals surface area contributed by atoms with E-state index in [2.05, 4.69) is 0 Å². The highest BCUT2D eigenvalue weighted by atomic mass is 32.2. The van der Waals surface area contributed by atoms with Crippen molar-refractivity contribution in [3.05, 3.63) is 0 Å². The van der Waals surface area contributed by atoms with E-state index in [4.69, 9.17) is 0 Å². The van der Waals surface area contributed by atoms with E-state index in [1.807, 2.05) is 0 Å². The SMILES string of the molecule is CSC(SC)C(=O)C(F)(F)F. The standard InChI is InChI=1S/C5H7F3OS2/c1-10-4(11-2)3(9)5(6,7)8/h4H,1-2H3. The smallest absolute Gasteiger partial charge is 0.287 e. The number of rotatable bonds is 3. The van der Waals surface area contributed by atoms with Crippen LogP contribution in [0.2, 0.25) is 0 Å². The summed E-state index contributed by atoms with van der Waals surface area (Å²) in [7, 11) is 0. The third-order valence-corrected chi connectivity index (χ3v) is 3.36. The predicted octanol–water partition coefficient (Wildman–Crippen LogP) is 2.17. The van der Waals surface area contributed by atoms with E-state index in [-0.39, 0.29) is 0 Å². The molecule has 66 valence electrons. The summed E-state index contributed by atoms with van der Waals surface area (Å²) >= 11 is 1.80. The lowest BCUT2D eigenvalue weighted by atomic mass is 10.4. The van der Waals surface area contributed by atoms with Gasteiger partial charge >= 0.3 is 6.18 Å². The Labute approximate surface area is 71.1 Å². The largest absolute Gasteiger partial charge is 0.452 e. The van der Waals surface area contributed by atoms with Gasteiger partial charge in [-0.3, -0.25) is 4.79 Å². The zero-order chi connectivity index (χ0) is 9.07. The zero-order valence-electron chi connectivity index (χ0n) is 5.94. The van der Waals surface area contributed by atoms with Crippen LogP contribution in [0, 0.1) is 0 Å². The second-order valence-corrected chi connectivity index (χ2v) is 3.85. The van der Waals surface area contributed by atoms with Crippen molar-refractivity contribution in [2.75, 3.05) is 12.5 Å². The van der Waals surface area contributed by atoms with Gasteiger partial charge in [-0.05, 0) is 12.5 Å². The number of halogens is 3. The molecule has 0 fully saturated rings. The van der Waals surface area contributed by atoms with Gasteiger partial charge in [0.15, 0.2) is 0 Å². The molecule has 0 rings (SSSR count). The van der Waals surface area contributed by atoms with E-state index in [1.165, 1.54) is 12.5 Å². The molecular formula is C5H7F3OS2. The number of hydrogen-bond donors (Lipinski definition) is 0. The summed E-state index contributed by atoms with van der Waals surface area (Å²) in [5.41, 5.74) is 0. The Morgan fingerprint density at radius 2 is 1.64 bits per heavy atom. The molecule has 0 atom stereocenters. The average molecular weight is 204 g/mol. The Bertz CT molecular complexity index is 141. The molecule has 0 heterocycles. The van der Waals surface area contributed by atoms with Crippen molar-refractivity contribution in [3.63, 3.8) is 0 Å². The number of carbonyl (C=O) groups is 1. The maximum atomic E-state index is 11.7. The van der Waals surface area contributed by atoms with Crippen molar-refractivity contribution in [2.24, 2.45) is 0 Å². The van der Waals surface area contributed by atoms with Crippen LogP contribution >= 0.6 is 23.5 Å². The van der Waals surface area contributed by atoms with Crippen molar-refractivity contribution in [2.45, 2.75) is 10.8 Å². The van der Waals surface area contributed by atoms with E-state index < -0.39 is 16.5 Å². The summed E-state index contributed by atoms with van der Waals surface area (Å²) in [6.45, 7) is 0. The highest BCUT2D eigenvalue weighted by Crippen LogP contribution is 2.28. The molecule has 0 spiro atoms. The highest BCUT2D eigenvalue weighted by molar-refractivity contribution is 8.17. The van der Waals surface area contributed by atoms with Gasteiger partial charge in [0.05, 0.1) is 0 Å². The Morgan fingerprint density at radius 3 is 1.73 bits per heavy atom. The third kappa shape index (κ3) is 3.37. The molecule has 0 unspecified atom stereocenters. The molecule has 0 radical (unpaired) electrons. The minimum Gasteiger partial charge on any atom is -0.287 e. The van der Waals surface area contributed by atoms with Crippen LogP contribution in [-0.4, -0.2) is 29.1 Å². The molecule has 0 saturated carbocycles. The molecule has 0 aliphatic rings. The summed E-state index contributed by atoms with van der Waals surface area (Å²) in [4.78, 5) is 10.5. The molecule has 0 bridgehead atoms. The Balaban J connectivity index is 4.22. The average Bonchev–Trinajstić information content (AvgIpc) is 1.88. The number of hydrogen-bond acceptors (Lipinski definition) is 3. The van der Waals surface area contributed by atoms with E-state index in [0.29, 0.717) is 0 Å². The van der Waals surface area contributed by atoms with Gasteiger partial charge < -0.3 is 0 Å². The molecule has 6 heteroatoms. The van der Waals surface area contributed by atoms with Gasteiger partial charge in [0.2, 0.25) is 0 Å². The maximum Gasteiger partial charge on any atom is 0.452 e. The first kappa shape index (κ1) is 11.2. The maximum absolute atomic E-state index is 11.7. The van der Waals surface area contributed by atoms with Crippen LogP contribution in [0.4, 0.5) is 13.2 Å². The van der Waals surface area contributed by atoms with Crippen molar-refractivity contribution in [1.29, 1.82) is 0 Å². The Hall–Kier alpha value is 0.160. The van der Waals surface area contributed by atoms with Crippen LogP contribution in [0.3, 0.4) is 0 Å². The van der Waals surface area contributed by atoms with Crippen molar-refractivity contribution >= 4 is 29.3 Å². The second-order valence-electron chi connectivity index (χ2n) is 1.67. The fraction of sp³-hybridized carbons (Fsp3) is 0.800. The summed E-state index contributed by atoms with van der Waals surface area (Å²) in [6, 6.07) is 0. The Morgan fingerprint density at radius 1 is 1.27 bits per heavy atom. The van der Waals surface area contributed by atoms with Crippen LogP contribution in [0.15, 0.2) is 0 Å². The molecule has 0 aliphatic carbocycles. The number of Topliss-reactive ketones (excluding diaryl/α,β-unsaturated/α-hetero) is 1. The number of thioether (sulfide) groups is 2. The molecule has 0 saturated heterocycles. The first-order valence-corrected chi connectivity index (χ1v) is 5.17. The van der Waals surface area contributed by atoms with Crippen molar-refractivity contribution in [1.82, 2.24) is 0 Å². The normalized spacial score (nSPS) is 12.2. The molecule has 0 amide bonds. The molecule has 11 heavy (non-hydrogen) atoms. The number of carbonyl (C=O) groups excluding carboxylic acids is 1. The van der Waals surface area contributed by atoms with Gasteiger partial charge in [0.25, 0.3) is 5.78 Å². The first-order chi connectivity index (χ1) is 4.93. The lowest BCUT2D eigenvalue weighted by molar-refractivity contribution is -0.168. The quantitative estimate of drug-likeness (QED) is 0.656. The van der Waals surface area contributed by atoms with Gasteiger partial charge in [0.1, 0.15) is 4.58 Å². The van der Waals surface area contributed by atoms with Gasteiger partial charge in [-0.25, -0.2) is 0 Å². The second kappa shape index (κ2) is 4.25. The summed E-state index contributed by atoms with van der Waals surface area (Å²) < 4.78 is 34.1. The molecule has 1 nitrogen and oxygen atoms in total. The molecule has 0 N–H and O–H groups in total. The third-order valence-electron chi connectivity index (χ3n) is 0.922. The van der Waals surface area contributed by atoms with Crippen molar-refractivity contribution < 1.29 is 18.0 Å². The van der Waals surface area contributed by atoms with E-state index in [0.717, 1.165) is 23.5 Å². The topological polar surface area (TPSA) is 17.1 Å². The minimum absolute atomic E-state index is 0.898. The van der Waals surface area contributed by atoms with Crippen LogP contribution in [0.1, 0.15) is 0 Å². The summed E-state index contributed by atoms with van der Waals surface area (Å²) in [5, 5.41) is 0.